The summed E-state index contributed by atoms with van der Waals surface area (Å²) in [5.41, 5.74) is 1.77. The number of nitriles is 1. The lowest BCUT2D eigenvalue weighted by Crippen LogP contribution is -1.89. The predicted molar refractivity (Wildman–Crippen MR) is 62.0 cm³/mol. The van der Waals surface area contributed by atoms with Gasteiger partial charge in [-0.3, -0.25) is 0 Å². The fraction of sp³-hybridized carbons (Fsp3) is 0.200. The molecule has 0 bridgehead atoms. The number of aromatic amines is 1. The third kappa shape index (κ3) is 2.25. The van der Waals surface area contributed by atoms with Gasteiger partial charge in [0.1, 0.15) is 0 Å². The van der Waals surface area contributed by atoms with Crippen LogP contribution in [0.2, 0.25) is 5.02 Å². The van der Waals surface area contributed by atoms with Gasteiger partial charge in [0.15, 0.2) is 5.16 Å². The number of nitrogens with one attached hydrogen (secondary N) is 1. The van der Waals surface area contributed by atoms with Crippen LogP contribution in [-0.2, 0) is 0 Å². The average molecular weight is 238 g/mol. The van der Waals surface area contributed by atoms with E-state index in [1.54, 1.807) is 6.07 Å². The smallest absolute Gasteiger partial charge is 0.167 e. The van der Waals surface area contributed by atoms with E-state index in [-0.39, 0.29) is 5.25 Å². The van der Waals surface area contributed by atoms with E-state index in [1.165, 1.54) is 11.8 Å². The second kappa shape index (κ2) is 4.13. The maximum atomic E-state index is 8.68. The Hall–Kier alpha value is -1.18. The number of halogens is 1. The van der Waals surface area contributed by atoms with Crippen LogP contribution in [0.3, 0.4) is 0 Å². The van der Waals surface area contributed by atoms with Gasteiger partial charge in [0.05, 0.1) is 22.4 Å². The molecular weight excluding hydrogens is 230 g/mol. The van der Waals surface area contributed by atoms with E-state index in [9.17, 15) is 0 Å². The molecule has 15 heavy (non-hydrogen) atoms. The number of hydrogen-bond donors (Lipinski definition) is 1. The average Bonchev–Trinajstić information content (AvgIpc) is 2.59. The number of fused-ring (bicyclic) bond motifs is 1. The second-order valence-corrected chi connectivity index (χ2v) is 4.86. The summed E-state index contributed by atoms with van der Waals surface area (Å²) in [7, 11) is 0. The highest BCUT2D eigenvalue weighted by Crippen LogP contribution is 2.24. The molecule has 3 nitrogen and oxygen atoms in total. The molecule has 1 aromatic carbocycles. The van der Waals surface area contributed by atoms with Crippen molar-refractivity contribution in [3.8, 4) is 6.07 Å². The normalized spacial score (nSPS) is 12.6. The van der Waals surface area contributed by atoms with E-state index in [2.05, 4.69) is 16.0 Å². The molecule has 1 N–H and O–H groups in total. The van der Waals surface area contributed by atoms with Crippen molar-refractivity contribution in [1.29, 1.82) is 5.26 Å². The van der Waals surface area contributed by atoms with Crippen LogP contribution < -0.4 is 0 Å². The molecule has 1 heterocycles. The number of benzene rings is 1. The number of rotatable bonds is 2. The van der Waals surface area contributed by atoms with Gasteiger partial charge in [-0.1, -0.05) is 23.4 Å². The fourth-order valence-corrected chi connectivity index (χ4v) is 2.09. The van der Waals surface area contributed by atoms with Gasteiger partial charge in [-0.15, -0.1) is 0 Å². The molecule has 76 valence electrons. The minimum Gasteiger partial charge on any atom is -0.333 e. The van der Waals surface area contributed by atoms with E-state index in [1.807, 2.05) is 19.1 Å². The highest BCUT2D eigenvalue weighted by Gasteiger charge is 2.07. The number of aromatic nitrogens is 2. The lowest BCUT2D eigenvalue weighted by atomic mass is 10.3. The number of hydrogen-bond acceptors (Lipinski definition) is 3. The van der Waals surface area contributed by atoms with Crippen LogP contribution in [0.25, 0.3) is 11.0 Å². The second-order valence-electron chi connectivity index (χ2n) is 3.09. The quantitative estimate of drug-likeness (QED) is 0.816. The first kappa shape index (κ1) is 10.3. The van der Waals surface area contributed by atoms with E-state index in [0.29, 0.717) is 5.02 Å². The van der Waals surface area contributed by atoms with Crippen molar-refractivity contribution in [2.45, 2.75) is 17.3 Å². The Morgan fingerprint density at radius 2 is 2.40 bits per heavy atom. The molecule has 1 aromatic heterocycles. The molecule has 5 heteroatoms. The molecule has 0 saturated heterocycles. The Kier molecular flexibility index (Phi) is 2.85. The fourth-order valence-electron chi connectivity index (χ4n) is 1.21. The van der Waals surface area contributed by atoms with Gasteiger partial charge in [0, 0.05) is 5.02 Å². The lowest BCUT2D eigenvalue weighted by Gasteiger charge is -1.95. The van der Waals surface area contributed by atoms with Crippen molar-refractivity contribution in [1.82, 2.24) is 9.97 Å². The van der Waals surface area contributed by atoms with Crippen molar-refractivity contribution in [3.05, 3.63) is 23.2 Å². The molecule has 2 aromatic rings. The minimum absolute atomic E-state index is 0.110. The highest BCUT2D eigenvalue weighted by atomic mass is 35.5. The summed E-state index contributed by atoms with van der Waals surface area (Å²) in [6.45, 7) is 1.84. The molecule has 0 aliphatic heterocycles. The SMILES string of the molecule is C[C@@H](C#N)Sc1nc2ccc(Cl)cc2[nH]1. The van der Waals surface area contributed by atoms with Crippen molar-refractivity contribution in [2.75, 3.05) is 0 Å². The molecule has 0 amide bonds. The van der Waals surface area contributed by atoms with Crippen molar-refractivity contribution < 1.29 is 0 Å². The summed E-state index contributed by atoms with van der Waals surface area (Å²) < 4.78 is 0. The molecule has 1 atom stereocenters. The Balaban J connectivity index is 2.35. The zero-order valence-electron chi connectivity index (χ0n) is 7.99. The van der Waals surface area contributed by atoms with Gasteiger partial charge >= 0.3 is 0 Å². The minimum atomic E-state index is -0.110. The summed E-state index contributed by atoms with van der Waals surface area (Å²) in [4.78, 5) is 7.46. The Morgan fingerprint density at radius 3 is 3.13 bits per heavy atom. The standard InChI is InChI=1S/C10H8ClN3S/c1-6(5-12)15-10-13-8-3-2-7(11)4-9(8)14-10/h2-4,6H,1H3,(H,13,14)/t6-/m0/s1. The van der Waals surface area contributed by atoms with Gasteiger partial charge in [0.25, 0.3) is 0 Å². The highest BCUT2D eigenvalue weighted by molar-refractivity contribution is 8.00. The van der Waals surface area contributed by atoms with E-state index in [0.717, 1.165) is 16.2 Å². The van der Waals surface area contributed by atoms with Gasteiger partial charge in [-0.2, -0.15) is 5.26 Å². The lowest BCUT2D eigenvalue weighted by molar-refractivity contribution is 1.07. The van der Waals surface area contributed by atoms with Crippen LogP contribution in [0.1, 0.15) is 6.92 Å². The van der Waals surface area contributed by atoms with E-state index < -0.39 is 0 Å². The summed E-state index contributed by atoms with van der Waals surface area (Å²) in [5.74, 6) is 0. The molecule has 0 radical (unpaired) electrons. The van der Waals surface area contributed by atoms with Crippen LogP contribution in [0.5, 0.6) is 0 Å². The number of imidazole rings is 1. The summed E-state index contributed by atoms with van der Waals surface area (Å²) in [5, 5.41) is 10.00. The first-order chi connectivity index (χ1) is 7.19. The number of nitrogens with zero attached hydrogens (tertiary/aromatic N) is 2. The first-order valence-electron chi connectivity index (χ1n) is 4.40. The Morgan fingerprint density at radius 1 is 1.60 bits per heavy atom. The van der Waals surface area contributed by atoms with Crippen LogP contribution in [-0.4, -0.2) is 15.2 Å². The third-order valence-corrected chi connectivity index (χ3v) is 3.00. The topological polar surface area (TPSA) is 52.5 Å². The van der Waals surface area contributed by atoms with Crippen molar-refractivity contribution in [3.63, 3.8) is 0 Å². The monoisotopic (exact) mass is 237 g/mol. The van der Waals surface area contributed by atoms with Crippen molar-refractivity contribution in [2.24, 2.45) is 0 Å². The molecule has 0 unspecified atom stereocenters. The Labute approximate surface area is 96.5 Å². The van der Waals surface area contributed by atoms with Gasteiger partial charge in [0.2, 0.25) is 0 Å². The van der Waals surface area contributed by atoms with Crippen LogP contribution >= 0.6 is 23.4 Å². The molecule has 0 saturated carbocycles. The first-order valence-corrected chi connectivity index (χ1v) is 5.66. The molecule has 0 aliphatic rings. The number of H-pyrrole nitrogens is 1. The summed E-state index contributed by atoms with van der Waals surface area (Å²) >= 11 is 7.26. The van der Waals surface area contributed by atoms with Gasteiger partial charge in [-0.25, -0.2) is 4.98 Å². The molecule has 0 spiro atoms. The summed E-state index contributed by atoms with van der Waals surface area (Å²) in [6, 6.07) is 7.63. The van der Waals surface area contributed by atoms with Gasteiger partial charge < -0.3 is 4.98 Å². The van der Waals surface area contributed by atoms with Crippen molar-refractivity contribution >= 4 is 34.4 Å². The maximum absolute atomic E-state index is 8.68. The molecule has 2 rings (SSSR count). The zero-order valence-corrected chi connectivity index (χ0v) is 9.56. The maximum Gasteiger partial charge on any atom is 0.167 e. The molecular formula is C10H8ClN3S. The number of thioether (sulfide) groups is 1. The summed E-state index contributed by atoms with van der Waals surface area (Å²) in [6.07, 6.45) is 0. The largest absolute Gasteiger partial charge is 0.333 e. The third-order valence-electron chi connectivity index (χ3n) is 1.89. The predicted octanol–water partition coefficient (Wildman–Crippen LogP) is 3.22. The molecule has 0 aliphatic carbocycles. The Bertz CT molecular complexity index is 529. The van der Waals surface area contributed by atoms with E-state index >= 15 is 0 Å². The van der Waals surface area contributed by atoms with Crippen LogP contribution in [0.4, 0.5) is 0 Å². The zero-order chi connectivity index (χ0) is 10.8. The van der Waals surface area contributed by atoms with E-state index in [4.69, 9.17) is 16.9 Å². The molecule has 0 fully saturated rings. The van der Waals surface area contributed by atoms with Gasteiger partial charge in [-0.05, 0) is 25.1 Å². The van der Waals surface area contributed by atoms with Crippen LogP contribution in [0.15, 0.2) is 23.4 Å². The van der Waals surface area contributed by atoms with Crippen LogP contribution in [0, 0.1) is 11.3 Å².